The van der Waals surface area contributed by atoms with Crippen molar-refractivity contribution in [2.75, 3.05) is 58.4 Å². The van der Waals surface area contributed by atoms with E-state index in [9.17, 15) is 14.9 Å². The number of hydrogen-bond donors (Lipinski definition) is 0. The molecule has 2 aromatic rings. The standard InChI is InChI=1S/C22H28N4O4/c1-23(2)20-7-3-18(4-8-20)17-25(12-11-24-13-15-30-16-14-24)22(27)19-5-9-21(10-6-19)26(28)29/h3-10H,11-17H2,1-2H3. The molecule has 0 spiro atoms. The minimum absolute atomic E-state index is 0.0225. The molecule has 30 heavy (non-hydrogen) atoms. The molecule has 3 rings (SSSR count). The number of rotatable bonds is 8. The van der Waals surface area contributed by atoms with Crippen molar-refractivity contribution in [2.24, 2.45) is 0 Å². The fourth-order valence-corrected chi connectivity index (χ4v) is 3.37. The Morgan fingerprint density at radius 1 is 1.07 bits per heavy atom. The Balaban J connectivity index is 1.74. The van der Waals surface area contributed by atoms with Crippen LogP contribution in [0.2, 0.25) is 0 Å². The van der Waals surface area contributed by atoms with E-state index in [1.807, 2.05) is 43.3 Å². The Morgan fingerprint density at radius 2 is 1.70 bits per heavy atom. The molecule has 0 aromatic heterocycles. The average molecular weight is 412 g/mol. The zero-order chi connectivity index (χ0) is 21.5. The topological polar surface area (TPSA) is 79.2 Å². The van der Waals surface area contributed by atoms with E-state index in [2.05, 4.69) is 4.90 Å². The Morgan fingerprint density at radius 3 is 2.27 bits per heavy atom. The van der Waals surface area contributed by atoms with Crippen LogP contribution in [-0.4, -0.2) is 74.1 Å². The van der Waals surface area contributed by atoms with Gasteiger partial charge in [-0.3, -0.25) is 19.8 Å². The monoisotopic (exact) mass is 412 g/mol. The highest BCUT2D eigenvalue weighted by molar-refractivity contribution is 5.94. The molecule has 160 valence electrons. The van der Waals surface area contributed by atoms with Gasteiger partial charge in [0.1, 0.15) is 0 Å². The molecule has 1 amide bonds. The summed E-state index contributed by atoms with van der Waals surface area (Å²) in [5, 5.41) is 10.9. The second-order valence-corrected chi connectivity index (χ2v) is 7.55. The molecule has 0 unspecified atom stereocenters. The van der Waals surface area contributed by atoms with Gasteiger partial charge in [0.25, 0.3) is 11.6 Å². The van der Waals surface area contributed by atoms with E-state index < -0.39 is 4.92 Å². The van der Waals surface area contributed by atoms with Crippen LogP contribution in [0.1, 0.15) is 15.9 Å². The van der Waals surface area contributed by atoms with Gasteiger partial charge in [-0.2, -0.15) is 0 Å². The predicted octanol–water partition coefficient (Wildman–Crippen LogP) is 2.64. The van der Waals surface area contributed by atoms with Gasteiger partial charge in [0, 0.05) is 70.2 Å². The molecule has 1 heterocycles. The molecule has 0 N–H and O–H groups in total. The summed E-state index contributed by atoms with van der Waals surface area (Å²) in [4.78, 5) is 29.7. The third-order valence-corrected chi connectivity index (χ3v) is 5.23. The molecular formula is C22H28N4O4. The molecule has 0 saturated carbocycles. The first-order chi connectivity index (χ1) is 14.4. The third kappa shape index (κ3) is 5.77. The van der Waals surface area contributed by atoms with Gasteiger partial charge >= 0.3 is 0 Å². The first-order valence-corrected chi connectivity index (χ1v) is 10.0. The molecule has 0 aliphatic carbocycles. The lowest BCUT2D eigenvalue weighted by molar-refractivity contribution is -0.384. The van der Waals surface area contributed by atoms with E-state index in [1.165, 1.54) is 24.3 Å². The fourth-order valence-electron chi connectivity index (χ4n) is 3.37. The SMILES string of the molecule is CN(C)c1ccc(CN(CCN2CCOCC2)C(=O)c2ccc([N+](=O)[O-])cc2)cc1. The molecule has 0 bridgehead atoms. The van der Waals surface area contributed by atoms with Gasteiger partial charge in [-0.15, -0.1) is 0 Å². The van der Waals surface area contributed by atoms with Crippen LogP contribution in [0.3, 0.4) is 0 Å². The van der Waals surface area contributed by atoms with Crippen LogP contribution < -0.4 is 4.90 Å². The van der Waals surface area contributed by atoms with Gasteiger partial charge in [0.2, 0.25) is 0 Å². The van der Waals surface area contributed by atoms with Crippen molar-refractivity contribution < 1.29 is 14.5 Å². The first kappa shape index (κ1) is 21.7. The molecule has 8 heteroatoms. The lowest BCUT2D eigenvalue weighted by Gasteiger charge is -2.30. The number of anilines is 1. The molecule has 1 aliphatic rings. The highest BCUT2D eigenvalue weighted by Gasteiger charge is 2.19. The largest absolute Gasteiger partial charge is 0.379 e. The number of non-ortho nitro benzene ring substituents is 1. The molecule has 0 atom stereocenters. The van der Waals surface area contributed by atoms with Gasteiger partial charge in [0.15, 0.2) is 0 Å². The van der Waals surface area contributed by atoms with Crippen molar-refractivity contribution in [3.63, 3.8) is 0 Å². The Labute approximate surface area is 176 Å². The molecular weight excluding hydrogens is 384 g/mol. The normalized spacial score (nSPS) is 14.3. The van der Waals surface area contributed by atoms with Crippen LogP contribution in [0, 0.1) is 10.1 Å². The maximum Gasteiger partial charge on any atom is 0.269 e. The minimum Gasteiger partial charge on any atom is -0.379 e. The summed E-state index contributed by atoms with van der Waals surface area (Å²) in [5.41, 5.74) is 2.57. The van der Waals surface area contributed by atoms with E-state index in [0.717, 1.165) is 30.9 Å². The van der Waals surface area contributed by atoms with Crippen LogP contribution in [-0.2, 0) is 11.3 Å². The van der Waals surface area contributed by atoms with Crippen molar-refractivity contribution in [2.45, 2.75) is 6.54 Å². The Kier molecular flexibility index (Phi) is 7.37. The fraction of sp³-hybridized carbons (Fsp3) is 0.409. The van der Waals surface area contributed by atoms with Crippen molar-refractivity contribution in [1.82, 2.24) is 9.80 Å². The minimum atomic E-state index is -0.462. The van der Waals surface area contributed by atoms with Crippen molar-refractivity contribution in [3.05, 3.63) is 69.8 Å². The van der Waals surface area contributed by atoms with Crippen molar-refractivity contribution >= 4 is 17.3 Å². The van der Waals surface area contributed by atoms with Gasteiger partial charge in [-0.05, 0) is 29.8 Å². The van der Waals surface area contributed by atoms with Crippen LogP contribution in [0.15, 0.2) is 48.5 Å². The van der Waals surface area contributed by atoms with Crippen LogP contribution in [0.4, 0.5) is 11.4 Å². The lowest BCUT2D eigenvalue weighted by atomic mass is 10.1. The number of nitro benzene ring substituents is 1. The van der Waals surface area contributed by atoms with Gasteiger partial charge in [-0.25, -0.2) is 0 Å². The quantitative estimate of drug-likeness (QED) is 0.490. The van der Waals surface area contributed by atoms with E-state index in [4.69, 9.17) is 4.74 Å². The zero-order valence-corrected chi connectivity index (χ0v) is 17.5. The molecule has 8 nitrogen and oxygen atoms in total. The molecule has 0 radical (unpaired) electrons. The Bertz CT molecular complexity index is 846. The highest BCUT2D eigenvalue weighted by Crippen LogP contribution is 2.17. The second-order valence-electron chi connectivity index (χ2n) is 7.55. The van der Waals surface area contributed by atoms with Crippen LogP contribution >= 0.6 is 0 Å². The maximum atomic E-state index is 13.2. The highest BCUT2D eigenvalue weighted by atomic mass is 16.6. The van der Waals surface area contributed by atoms with E-state index in [0.29, 0.717) is 31.9 Å². The van der Waals surface area contributed by atoms with E-state index in [1.54, 1.807) is 4.90 Å². The number of hydrogen-bond acceptors (Lipinski definition) is 6. The number of nitro groups is 1. The first-order valence-electron chi connectivity index (χ1n) is 10.0. The van der Waals surface area contributed by atoms with E-state index >= 15 is 0 Å². The smallest absolute Gasteiger partial charge is 0.269 e. The number of morpholine rings is 1. The molecule has 1 fully saturated rings. The predicted molar refractivity (Wildman–Crippen MR) is 116 cm³/mol. The number of carbonyl (C=O) groups is 1. The summed E-state index contributed by atoms with van der Waals surface area (Å²) < 4.78 is 5.40. The number of benzene rings is 2. The van der Waals surface area contributed by atoms with Crippen molar-refractivity contribution in [1.29, 1.82) is 0 Å². The summed E-state index contributed by atoms with van der Waals surface area (Å²) in [7, 11) is 3.98. The maximum absolute atomic E-state index is 13.2. The van der Waals surface area contributed by atoms with Crippen LogP contribution in [0.25, 0.3) is 0 Å². The summed E-state index contributed by atoms with van der Waals surface area (Å²) in [6.07, 6.45) is 0. The van der Waals surface area contributed by atoms with Gasteiger partial charge < -0.3 is 14.5 Å². The van der Waals surface area contributed by atoms with Crippen LogP contribution in [0.5, 0.6) is 0 Å². The summed E-state index contributed by atoms with van der Waals surface area (Å²) in [5.74, 6) is -0.130. The Hall–Kier alpha value is -2.97. The number of ether oxygens (including phenoxy) is 1. The zero-order valence-electron chi connectivity index (χ0n) is 17.5. The van der Waals surface area contributed by atoms with Gasteiger partial charge in [0.05, 0.1) is 18.1 Å². The number of nitrogens with zero attached hydrogens (tertiary/aromatic N) is 4. The summed E-state index contributed by atoms with van der Waals surface area (Å²) in [6.45, 7) is 4.95. The second kappa shape index (κ2) is 10.2. The molecule has 2 aromatic carbocycles. The van der Waals surface area contributed by atoms with Gasteiger partial charge in [-0.1, -0.05) is 12.1 Å². The third-order valence-electron chi connectivity index (χ3n) is 5.23. The molecule has 1 saturated heterocycles. The number of carbonyl (C=O) groups excluding carboxylic acids is 1. The average Bonchev–Trinajstić information content (AvgIpc) is 2.77. The number of amides is 1. The summed E-state index contributed by atoms with van der Waals surface area (Å²) >= 11 is 0. The summed E-state index contributed by atoms with van der Waals surface area (Å²) in [6, 6.07) is 13.9. The molecule has 1 aliphatic heterocycles. The lowest BCUT2D eigenvalue weighted by Crippen LogP contribution is -2.42. The van der Waals surface area contributed by atoms with E-state index in [-0.39, 0.29) is 11.6 Å². The van der Waals surface area contributed by atoms with Crippen molar-refractivity contribution in [3.8, 4) is 0 Å².